The van der Waals surface area contributed by atoms with Gasteiger partial charge in [0.15, 0.2) is 0 Å². The van der Waals surface area contributed by atoms with Gasteiger partial charge < -0.3 is 0 Å². The minimum absolute atomic E-state index is 0.249. The van der Waals surface area contributed by atoms with Crippen molar-refractivity contribution in [1.29, 1.82) is 0 Å². The predicted molar refractivity (Wildman–Crippen MR) is 80.8 cm³/mol. The van der Waals surface area contributed by atoms with Crippen molar-refractivity contribution in [3.8, 4) is 0 Å². The molecular formula is C13H18F3NO2S2. The zero-order valence-corrected chi connectivity index (χ0v) is 13.6. The molecule has 1 atom stereocenters. The van der Waals surface area contributed by atoms with Gasteiger partial charge in [-0.2, -0.15) is 13.2 Å². The van der Waals surface area contributed by atoms with Crippen LogP contribution >= 0.6 is 11.8 Å². The van der Waals surface area contributed by atoms with Crippen molar-refractivity contribution in [1.82, 2.24) is 0 Å². The second-order valence-corrected chi connectivity index (χ2v) is 9.68. The highest BCUT2D eigenvalue weighted by molar-refractivity contribution is 8.14. The number of alkyl halides is 3. The summed E-state index contributed by atoms with van der Waals surface area (Å²) in [5.74, 6) is 0. The lowest BCUT2D eigenvalue weighted by atomic mass is 10.3. The normalized spacial score (nSPS) is 14.8. The van der Waals surface area contributed by atoms with Crippen LogP contribution in [-0.4, -0.2) is 23.9 Å². The van der Waals surface area contributed by atoms with E-state index in [-0.39, 0.29) is 5.69 Å². The number of rotatable bonds is 5. The van der Waals surface area contributed by atoms with Crippen LogP contribution in [0.5, 0.6) is 0 Å². The van der Waals surface area contributed by atoms with Gasteiger partial charge in [0.2, 0.25) is 10.0 Å². The quantitative estimate of drug-likeness (QED) is 0.871. The molecule has 0 saturated heterocycles. The van der Waals surface area contributed by atoms with Crippen molar-refractivity contribution >= 4 is 27.5 Å². The maximum absolute atomic E-state index is 12.6. The molecule has 21 heavy (non-hydrogen) atoms. The van der Waals surface area contributed by atoms with E-state index in [1.165, 1.54) is 12.1 Å². The van der Waals surface area contributed by atoms with Crippen LogP contribution in [0, 0.1) is 0 Å². The molecule has 1 N–H and O–H groups in total. The highest BCUT2D eigenvalue weighted by atomic mass is 32.3. The Morgan fingerprint density at radius 2 is 1.67 bits per heavy atom. The van der Waals surface area contributed by atoms with Crippen LogP contribution in [0.2, 0.25) is 0 Å². The van der Waals surface area contributed by atoms with Crippen LogP contribution in [0.3, 0.4) is 0 Å². The number of sulfonamides is 1. The molecule has 0 aliphatic rings. The Labute approximate surface area is 127 Å². The molecule has 1 aromatic rings. The summed E-state index contributed by atoms with van der Waals surface area (Å²) in [5, 5.41) is 0. The molecule has 0 bridgehead atoms. The second-order valence-electron chi connectivity index (χ2n) is 5.49. The Morgan fingerprint density at radius 1 is 1.14 bits per heavy atom. The standard InChI is InChI=1S/C13H18F3NO2S2/c1-12(2,3)20-11(9-13(14,15)16)21(18,19)17-10-7-5-4-6-8-10/h4-8,11,17H,9H2,1-3H3. The lowest BCUT2D eigenvalue weighted by molar-refractivity contribution is -0.131. The molecule has 0 amide bonds. The number of hydrogen-bond acceptors (Lipinski definition) is 3. The average molecular weight is 341 g/mol. The monoisotopic (exact) mass is 341 g/mol. The summed E-state index contributed by atoms with van der Waals surface area (Å²) in [5.41, 5.74) is 0.249. The maximum Gasteiger partial charge on any atom is 0.391 e. The van der Waals surface area contributed by atoms with E-state index in [0.717, 1.165) is 11.8 Å². The number of anilines is 1. The van der Waals surface area contributed by atoms with E-state index in [9.17, 15) is 21.6 Å². The predicted octanol–water partition coefficient (Wildman–Crippen LogP) is 4.24. The van der Waals surface area contributed by atoms with Crippen LogP contribution in [0.15, 0.2) is 30.3 Å². The number of benzene rings is 1. The molecule has 3 nitrogen and oxygen atoms in total. The fourth-order valence-electron chi connectivity index (χ4n) is 1.53. The first-order valence-corrected chi connectivity index (χ1v) is 8.63. The van der Waals surface area contributed by atoms with Gasteiger partial charge in [-0.05, 0) is 12.1 Å². The number of hydrogen-bond donors (Lipinski definition) is 1. The largest absolute Gasteiger partial charge is 0.391 e. The summed E-state index contributed by atoms with van der Waals surface area (Å²) in [4.78, 5) is 0. The Morgan fingerprint density at radius 3 is 2.10 bits per heavy atom. The van der Waals surface area contributed by atoms with E-state index in [1.807, 2.05) is 0 Å². The van der Waals surface area contributed by atoms with E-state index in [0.29, 0.717) is 0 Å². The summed E-state index contributed by atoms with van der Waals surface area (Å²) < 4.78 is 62.4. The summed E-state index contributed by atoms with van der Waals surface area (Å²) >= 11 is 0.784. The summed E-state index contributed by atoms with van der Waals surface area (Å²) in [6.45, 7) is 5.04. The number of nitrogens with one attached hydrogen (secondary N) is 1. The van der Waals surface area contributed by atoms with Gasteiger partial charge in [-0.25, -0.2) is 8.42 Å². The van der Waals surface area contributed by atoms with Crippen LogP contribution in [-0.2, 0) is 10.0 Å². The van der Waals surface area contributed by atoms with E-state index in [1.54, 1.807) is 39.0 Å². The highest BCUT2D eigenvalue weighted by Gasteiger charge is 2.41. The third-order valence-corrected chi connectivity index (χ3v) is 5.83. The SMILES string of the molecule is CC(C)(C)SC(CC(F)(F)F)S(=O)(=O)Nc1ccccc1. The van der Waals surface area contributed by atoms with E-state index in [4.69, 9.17) is 0 Å². The first-order valence-electron chi connectivity index (χ1n) is 6.20. The van der Waals surface area contributed by atoms with Gasteiger partial charge in [0, 0.05) is 10.4 Å². The van der Waals surface area contributed by atoms with Crippen LogP contribution < -0.4 is 4.72 Å². The molecule has 0 aromatic heterocycles. The van der Waals surface area contributed by atoms with Gasteiger partial charge in [0.05, 0.1) is 6.42 Å². The van der Waals surface area contributed by atoms with E-state index < -0.39 is 31.9 Å². The van der Waals surface area contributed by atoms with Crippen molar-refractivity contribution in [3.05, 3.63) is 30.3 Å². The molecule has 0 aliphatic heterocycles. The molecule has 0 aliphatic carbocycles. The minimum atomic E-state index is -4.55. The lowest BCUT2D eigenvalue weighted by Crippen LogP contribution is -2.33. The summed E-state index contributed by atoms with van der Waals surface area (Å²) in [7, 11) is -4.15. The molecule has 120 valence electrons. The third-order valence-electron chi connectivity index (χ3n) is 2.26. The third kappa shape index (κ3) is 7.08. The lowest BCUT2D eigenvalue weighted by Gasteiger charge is -2.26. The molecule has 1 rings (SSSR count). The van der Waals surface area contributed by atoms with Gasteiger partial charge in [-0.15, -0.1) is 11.8 Å². The van der Waals surface area contributed by atoms with E-state index >= 15 is 0 Å². The van der Waals surface area contributed by atoms with Gasteiger partial charge in [-0.1, -0.05) is 39.0 Å². The maximum atomic E-state index is 12.6. The van der Waals surface area contributed by atoms with Crippen LogP contribution in [0.4, 0.5) is 18.9 Å². The summed E-state index contributed by atoms with van der Waals surface area (Å²) in [6, 6.07) is 7.88. The Hall–Kier alpha value is -0.890. The topological polar surface area (TPSA) is 46.2 Å². The first kappa shape index (κ1) is 18.2. The van der Waals surface area contributed by atoms with Crippen molar-refractivity contribution in [2.24, 2.45) is 0 Å². The van der Waals surface area contributed by atoms with Crippen LogP contribution in [0.1, 0.15) is 27.2 Å². The zero-order valence-electron chi connectivity index (χ0n) is 11.9. The minimum Gasteiger partial charge on any atom is -0.283 e. The molecule has 0 heterocycles. The molecule has 8 heteroatoms. The molecule has 0 fully saturated rings. The Bertz CT molecular complexity index is 535. The van der Waals surface area contributed by atoms with Crippen LogP contribution in [0.25, 0.3) is 0 Å². The Balaban J connectivity index is 3.00. The van der Waals surface area contributed by atoms with Gasteiger partial charge in [0.1, 0.15) is 4.58 Å². The molecule has 0 radical (unpaired) electrons. The van der Waals surface area contributed by atoms with Crippen molar-refractivity contribution in [2.45, 2.75) is 42.7 Å². The van der Waals surface area contributed by atoms with Gasteiger partial charge >= 0.3 is 6.18 Å². The summed E-state index contributed by atoms with van der Waals surface area (Å²) in [6.07, 6.45) is -5.94. The molecule has 0 spiro atoms. The van der Waals surface area contributed by atoms with Gasteiger partial charge in [-0.3, -0.25) is 4.72 Å². The molecular weight excluding hydrogens is 323 g/mol. The molecule has 1 unspecified atom stereocenters. The Kier molecular flexibility index (Phi) is 5.60. The van der Waals surface area contributed by atoms with E-state index in [2.05, 4.69) is 4.72 Å². The average Bonchev–Trinajstić information content (AvgIpc) is 2.25. The highest BCUT2D eigenvalue weighted by Crippen LogP contribution is 2.38. The molecule has 0 saturated carbocycles. The number of halogens is 3. The first-order chi connectivity index (χ1) is 9.39. The van der Waals surface area contributed by atoms with Crippen molar-refractivity contribution in [2.75, 3.05) is 4.72 Å². The second kappa shape index (κ2) is 6.48. The molecule has 1 aromatic carbocycles. The zero-order chi connectivity index (χ0) is 16.3. The number of para-hydroxylation sites is 1. The smallest absolute Gasteiger partial charge is 0.283 e. The fourth-order valence-corrected chi connectivity index (χ4v) is 5.12. The van der Waals surface area contributed by atoms with Crippen molar-refractivity contribution < 1.29 is 21.6 Å². The number of thioether (sulfide) groups is 1. The van der Waals surface area contributed by atoms with Gasteiger partial charge in [0.25, 0.3) is 0 Å². The fraction of sp³-hybridized carbons (Fsp3) is 0.538. The van der Waals surface area contributed by atoms with Crippen molar-refractivity contribution in [3.63, 3.8) is 0 Å².